The van der Waals surface area contributed by atoms with Crippen molar-refractivity contribution in [2.24, 2.45) is 5.92 Å². The first-order valence-electron chi connectivity index (χ1n) is 9.42. The summed E-state index contributed by atoms with van der Waals surface area (Å²) in [7, 11) is 1.59. The van der Waals surface area contributed by atoms with Crippen molar-refractivity contribution >= 4 is 28.8 Å². The quantitative estimate of drug-likeness (QED) is 0.832. The molecule has 2 aromatic rings. The van der Waals surface area contributed by atoms with Crippen molar-refractivity contribution < 1.29 is 14.3 Å². The Bertz CT molecular complexity index is 937. The van der Waals surface area contributed by atoms with Crippen LogP contribution in [0.15, 0.2) is 34.4 Å². The fraction of sp³-hybridized carbons (Fsp3) is 0.450. The lowest BCUT2D eigenvalue weighted by Crippen LogP contribution is -2.49. The first-order chi connectivity index (χ1) is 13.6. The molecule has 0 aliphatic carbocycles. The number of likely N-dealkylation sites (tertiary alicyclic amines) is 1. The normalized spacial score (nSPS) is 20.5. The number of nitrogens with zero attached hydrogens (tertiary/aromatic N) is 2. The highest BCUT2D eigenvalue weighted by atomic mass is 32.1. The monoisotopic (exact) mass is 401 g/mol. The van der Waals surface area contributed by atoms with Gasteiger partial charge in [0.2, 0.25) is 5.91 Å². The van der Waals surface area contributed by atoms with E-state index in [1.807, 2.05) is 16.3 Å². The Morgan fingerprint density at radius 1 is 1.25 bits per heavy atom. The van der Waals surface area contributed by atoms with Gasteiger partial charge in [-0.2, -0.15) is 0 Å². The summed E-state index contributed by atoms with van der Waals surface area (Å²) >= 11 is 1.34. The summed E-state index contributed by atoms with van der Waals surface area (Å²) in [4.78, 5) is 40.1. The van der Waals surface area contributed by atoms with Gasteiger partial charge in [-0.1, -0.05) is 6.07 Å². The maximum Gasteiger partial charge on any atom is 0.274 e. The van der Waals surface area contributed by atoms with Crippen LogP contribution >= 0.6 is 11.3 Å². The zero-order chi connectivity index (χ0) is 19.7. The van der Waals surface area contributed by atoms with Gasteiger partial charge in [0.25, 0.3) is 11.5 Å². The molecule has 2 atom stereocenters. The Kier molecular flexibility index (Phi) is 5.32. The van der Waals surface area contributed by atoms with Gasteiger partial charge in [-0.05, 0) is 35.9 Å². The molecule has 0 aromatic carbocycles. The summed E-state index contributed by atoms with van der Waals surface area (Å²) < 4.78 is 6.79. The zero-order valence-corrected chi connectivity index (χ0v) is 16.5. The van der Waals surface area contributed by atoms with Gasteiger partial charge in [0.1, 0.15) is 5.69 Å². The third kappa shape index (κ3) is 3.62. The molecule has 1 N–H and O–H groups in total. The van der Waals surface area contributed by atoms with Gasteiger partial charge in [0.05, 0.1) is 17.9 Å². The lowest BCUT2D eigenvalue weighted by atomic mass is 9.83. The number of thiophene rings is 1. The van der Waals surface area contributed by atoms with Crippen LogP contribution in [0.4, 0.5) is 5.69 Å². The summed E-state index contributed by atoms with van der Waals surface area (Å²) in [5.41, 5.74) is 1.08. The predicted molar refractivity (Wildman–Crippen MR) is 107 cm³/mol. The smallest absolute Gasteiger partial charge is 0.274 e. The van der Waals surface area contributed by atoms with Crippen molar-refractivity contribution in [3.63, 3.8) is 0 Å². The number of pyridine rings is 1. The predicted octanol–water partition coefficient (Wildman–Crippen LogP) is 2.14. The van der Waals surface area contributed by atoms with Gasteiger partial charge >= 0.3 is 0 Å². The van der Waals surface area contributed by atoms with Crippen molar-refractivity contribution in [1.29, 1.82) is 0 Å². The molecule has 0 spiro atoms. The van der Waals surface area contributed by atoms with Crippen LogP contribution < -0.4 is 10.9 Å². The Hall–Kier alpha value is -2.45. The average Bonchev–Trinajstić information content (AvgIpc) is 3.23. The molecule has 0 saturated carbocycles. The second kappa shape index (κ2) is 7.89. The first-order valence-corrected chi connectivity index (χ1v) is 10.3. The topological polar surface area (TPSA) is 80.6 Å². The molecule has 28 heavy (non-hydrogen) atoms. The molecular formula is C20H23N3O4S. The van der Waals surface area contributed by atoms with Gasteiger partial charge < -0.3 is 19.5 Å². The number of piperidine rings is 1. The minimum absolute atomic E-state index is 0.104. The number of amides is 2. The van der Waals surface area contributed by atoms with Crippen LogP contribution in [0, 0.1) is 5.92 Å². The number of fused-ring (bicyclic) bond motifs is 4. The van der Waals surface area contributed by atoms with E-state index in [0.717, 1.165) is 12.1 Å². The van der Waals surface area contributed by atoms with Gasteiger partial charge in [0.15, 0.2) is 0 Å². The lowest BCUT2D eigenvalue weighted by Gasteiger charge is -2.43. The Morgan fingerprint density at radius 3 is 2.86 bits per heavy atom. The summed E-state index contributed by atoms with van der Waals surface area (Å²) in [6.45, 7) is 2.28. The molecular weight excluding hydrogens is 378 g/mol. The van der Waals surface area contributed by atoms with Crippen LogP contribution in [0.25, 0.3) is 0 Å². The molecule has 2 amide bonds. The molecule has 2 aromatic heterocycles. The van der Waals surface area contributed by atoms with Crippen molar-refractivity contribution in [3.8, 4) is 0 Å². The maximum atomic E-state index is 13.0. The van der Waals surface area contributed by atoms with E-state index in [4.69, 9.17) is 4.74 Å². The Balaban J connectivity index is 1.54. The highest BCUT2D eigenvalue weighted by Gasteiger charge is 2.36. The number of anilines is 1. The Morgan fingerprint density at radius 2 is 2.11 bits per heavy atom. The molecule has 8 heteroatoms. The van der Waals surface area contributed by atoms with Crippen LogP contribution in [-0.2, 0) is 16.1 Å². The van der Waals surface area contributed by atoms with Crippen LogP contribution in [-0.4, -0.2) is 48.1 Å². The number of carbonyl (C=O) groups excluding carboxylic acids is 2. The van der Waals surface area contributed by atoms with E-state index >= 15 is 0 Å². The number of methoxy groups -OCH3 is 1. The summed E-state index contributed by atoms with van der Waals surface area (Å²) in [6.07, 6.45) is 1.37. The molecule has 1 saturated heterocycles. The molecule has 4 rings (SSSR count). The average molecular weight is 401 g/mol. The second-order valence-corrected chi connectivity index (χ2v) is 8.31. The van der Waals surface area contributed by atoms with E-state index in [9.17, 15) is 14.4 Å². The molecule has 2 aliphatic heterocycles. The highest BCUT2D eigenvalue weighted by molar-refractivity contribution is 7.12. The molecule has 4 heterocycles. The third-order valence-electron chi connectivity index (χ3n) is 5.47. The summed E-state index contributed by atoms with van der Waals surface area (Å²) in [6, 6.07) is 7.14. The van der Waals surface area contributed by atoms with Crippen molar-refractivity contribution in [1.82, 2.24) is 9.47 Å². The van der Waals surface area contributed by atoms with E-state index in [0.29, 0.717) is 43.2 Å². The summed E-state index contributed by atoms with van der Waals surface area (Å²) in [5.74, 6) is 0.234. The number of hydrogen-bond donors (Lipinski definition) is 1. The van der Waals surface area contributed by atoms with Crippen LogP contribution in [0.1, 0.15) is 34.1 Å². The van der Waals surface area contributed by atoms with Crippen molar-refractivity contribution in [2.75, 3.05) is 32.1 Å². The van der Waals surface area contributed by atoms with Crippen LogP contribution in [0.2, 0.25) is 0 Å². The van der Waals surface area contributed by atoms with Gasteiger partial charge in [0, 0.05) is 38.4 Å². The van der Waals surface area contributed by atoms with Gasteiger partial charge in [-0.3, -0.25) is 14.4 Å². The standard InChI is InChI=1S/C20H23N3O4S/c1-27-7-6-18(24)22-10-13-9-14(12-22)16-5-4-15(20(26)23(16)11-13)21-19(25)17-3-2-8-28-17/h2-5,8,13-14H,6-7,9-12H2,1H3,(H,21,25)/t13-,14+/m0/s1. The van der Waals surface area contributed by atoms with Gasteiger partial charge in [-0.25, -0.2) is 0 Å². The van der Waals surface area contributed by atoms with E-state index < -0.39 is 0 Å². The lowest BCUT2D eigenvalue weighted by molar-refractivity contribution is -0.134. The van der Waals surface area contributed by atoms with E-state index in [1.165, 1.54) is 11.3 Å². The van der Waals surface area contributed by atoms with Crippen LogP contribution in [0.3, 0.4) is 0 Å². The first kappa shape index (κ1) is 18.9. The van der Waals surface area contributed by atoms with Crippen molar-refractivity contribution in [2.45, 2.75) is 25.3 Å². The second-order valence-electron chi connectivity index (χ2n) is 7.36. The third-order valence-corrected chi connectivity index (χ3v) is 6.34. The van der Waals surface area contributed by atoms with E-state index in [-0.39, 0.29) is 29.2 Å². The maximum absolute atomic E-state index is 13.0. The highest BCUT2D eigenvalue weighted by Crippen LogP contribution is 2.35. The summed E-state index contributed by atoms with van der Waals surface area (Å²) in [5, 5.41) is 4.57. The minimum Gasteiger partial charge on any atom is -0.384 e. The number of ether oxygens (including phenoxy) is 1. The van der Waals surface area contributed by atoms with Crippen molar-refractivity contribution in [3.05, 3.63) is 50.6 Å². The number of hydrogen-bond acceptors (Lipinski definition) is 5. The van der Waals surface area contributed by atoms with E-state index in [1.54, 1.807) is 29.9 Å². The molecule has 2 bridgehead atoms. The van der Waals surface area contributed by atoms with Crippen LogP contribution in [0.5, 0.6) is 0 Å². The van der Waals surface area contributed by atoms with Gasteiger partial charge in [-0.15, -0.1) is 11.3 Å². The number of aromatic nitrogens is 1. The molecule has 0 radical (unpaired) electrons. The number of carbonyl (C=O) groups is 2. The molecule has 0 unspecified atom stereocenters. The number of rotatable bonds is 5. The van der Waals surface area contributed by atoms with E-state index in [2.05, 4.69) is 5.32 Å². The minimum atomic E-state index is -0.265. The molecule has 148 valence electrons. The number of nitrogens with one attached hydrogen (secondary N) is 1. The Labute approximate surface area is 166 Å². The fourth-order valence-corrected chi connectivity index (χ4v) is 4.80. The zero-order valence-electron chi connectivity index (χ0n) is 15.7. The molecule has 1 fully saturated rings. The largest absolute Gasteiger partial charge is 0.384 e. The SMILES string of the molecule is COCCC(=O)N1C[C@@H]2C[C@H](C1)c1ccc(NC(=O)c3cccs3)c(=O)n1C2. The molecule has 2 aliphatic rings. The fourth-order valence-electron chi connectivity index (χ4n) is 4.18. The molecule has 7 nitrogen and oxygen atoms in total.